The first-order chi connectivity index (χ1) is 8.26. The molecule has 1 aromatic carbocycles. The number of nitrogens with two attached hydrogens (primary N) is 1. The van der Waals surface area contributed by atoms with E-state index >= 15 is 0 Å². The monoisotopic (exact) mass is 275 g/mol. The fourth-order valence-corrected chi connectivity index (χ4v) is 3.18. The number of rotatable bonds is 7. The van der Waals surface area contributed by atoms with Gasteiger partial charge in [-0.1, -0.05) is 0 Å². The first-order valence-corrected chi connectivity index (χ1v) is 7.61. The zero-order valence-corrected chi connectivity index (χ0v) is 11.8. The van der Waals surface area contributed by atoms with Crippen molar-refractivity contribution in [2.45, 2.75) is 16.2 Å². The highest BCUT2D eigenvalue weighted by Gasteiger charge is 2.10. The number of thioether (sulfide) groups is 2. The van der Waals surface area contributed by atoms with E-state index in [1.165, 1.54) is 11.8 Å². The minimum atomic E-state index is -0.314. The van der Waals surface area contributed by atoms with Crippen LogP contribution in [0.4, 0.5) is 4.39 Å². The average molecular weight is 275 g/mol. The van der Waals surface area contributed by atoms with Gasteiger partial charge in [0.2, 0.25) is 0 Å². The number of methoxy groups -OCH3 is 1. The minimum Gasteiger partial charge on any atom is -0.496 e. The number of halogens is 1. The molecule has 0 aliphatic heterocycles. The Morgan fingerprint density at radius 1 is 1.35 bits per heavy atom. The summed E-state index contributed by atoms with van der Waals surface area (Å²) in [6.45, 7) is 0.284. The van der Waals surface area contributed by atoms with Crippen molar-refractivity contribution in [2.24, 2.45) is 5.73 Å². The molecule has 96 valence electrons. The van der Waals surface area contributed by atoms with Crippen LogP contribution in [-0.4, -0.2) is 32.3 Å². The van der Waals surface area contributed by atoms with Crippen molar-refractivity contribution in [1.82, 2.24) is 0 Å². The molecule has 0 atom stereocenters. The molecular formula is C12H18FNOS2. The molecule has 0 heterocycles. The Balaban J connectivity index is 3.04. The summed E-state index contributed by atoms with van der Waals surface area (Å²) in [5.41, 5.74) is 6.69. The zero-order valence-electron chi connectivity index (χ0n) is 10.2. The Labute approximate surface area is 110 Å². The number of ether oxygens (including phenoxy) is 1. The number of benzene rings is 1. The molecule has 0 aromatic heterocycles. The first-order valence-electron chi connectivity index (χ1n) is 5.40. The topological polar surface area (TPSA) is 35.2 Å². The second-order valence-corrected chi connectivity index (χ2v) is 5.38. The van der Waals surface area contributed by atoms with Crippen molar-refractivity contribution >= 4 is 23.5 Å². The normalized spacial score (nSPS) is 10.6. The lowest BCUT2D eigenvalue weighted by Gasteiger charge is -2.13. The molecule has 0 aliphatic carbocycles. The van der Waals surface area contributed by atoms with E-state index < -0.39 is 0 Å². The molecule has 0 saturated carbocycles. The smallest absolute Gasteiger partial charge is 0.123 e. The van der Waals surface area contributed by atoms with Gasteiger partial charge in [0, 0.05) is 15.5 Å². The lowest BCUT2D eigenvalue weighted by Crippen LogP contribution is -2.04. The second kappa shape index (κ2) is 7.84. The van der Waals surface area contributed by atoms with Crippen LogP contribution in [0.5, 0.6) is 5.75 Å². The maximum Gasteiger partial charge on any atom is 0.123 e. The van der Waals surface area contributed by atoms with Crippen LogP contribution in [0.2, 0.25) is 0 Å². The standard InChI is InChI=1S/C12H18FNOS2/c1-15-10-8-12(17-6-4-13)11(16-2)7-9(10)3-5-14/h7-8H,3-6,14H2,1-2H3. The van der Waals surface area contributed by atoms with Gasteiger partial charge in [0.1, 0.15) is 5.75 Å². The van der Waals surface area contributed by atoms with Gasteiger partial charge in [-0.3, -0.25) is 4.39 Å². The third-order valence-electron chi connectivity index (χ3n) is 2.32. The predicted octanol–water partition coefficient (Wildman–Crippen LogP) is 2.98. The van der Waals surface area contributed by atoms with E-state index in [4.69, 9.17) is 10.5 Å². The maximum absolute atomic E-state index is 12.2. The Hall–Kier alpha value is -0.390. The van der Waals surface area contributed by atoms with Crippen molar-refractivity contribution in [3.8, 4) is 5.75 Å². The van der Waals surface area contributed by atoms with Crippen LogP contribution in [0.15, 0.2) is 21.9 Å². The Kier molecular flexibility index (Phi) is 6.77. The summed E-state index contributed by atoms with van der Waals surface area (Å²) >= 11 is 3.19. The molecule has 0 spiro atoms. The van der Waals surface area contributed by atoms with Gasteiger partial charge >= 0.3 is 0 Å². The lowest BCUT2D eigenvalue weighted by molar-refractivity contribution is 0.408. The quantitative estimate of drug-likeness (QED) is 0.776. The fraction of sp³-hybridized carbons (Fsp3) is 0.500. The molecule has 17 heavy (non-hydrogen) atoms. The van der Waals surface area contributed by atoms with E-state index in [0.29, 0.717) is 12.3 Å². The second-order valence-electron chi connectivity index (χ2n) is 3.39. The van der Waals surface area contributed by atoms with Crippen molar-refractivity contribution in [3.05, 3.63) is 17.7 Å². The van der Waals surface area contributed by atoms with Crippen molar-refractivity contribution in [1.29, 1.82) is 0 Å². The van der Waals surface area contributed by atoms with E-state index in [1.54, 1.807) is 18.9 Å². The molecule has 0 amide bonds. The molecular weight excluding hydrogens is 257 g/mol. The molecule has 1 aromatic rings. The summed E-state index contributed by atoms with van der Waals surface area (Å²) in [6.07, 6.45) is 2.82. The lowest BCUT2D eigenvalue weighted by atomic mass is 10.1. The average Bonchev–Trinajstić information content (AvgIpc) is 2.36. The molecule has 0 aliphatic rings. The predicted molar refractivity (Wildman–Crippen MR) is 74.2 cm³/mol. The van der Waals surface area contributed by atoms with E-state index in [2.05, 4.69) is 6.07 Å². The van der Waals surface area contributed by atoms with Crippen molar-refractivity contribution in [3.63, 3.8) is 0 Å². The summed E-state index contributed by atoms with van der Waals surface area (Å²) in [5, 5.41) is 0. The highest BCUT2D eigenvalue weighted by molar-refractivity contribution is 8.02. The van der Waals surface area contributed by atoms with Gasteiger partial charge in [-0.05, 0) is 36.9 Å². The number of hydrogen-bond acceptors (Lipinski definition) is 4. The molecule has 0 radical (unpaired) electrons. The molecule has 2 nitrogen and oxygen atoms in total. The third kappa shape index (κ3) is 4.08. The van der Waals surface area contributed by atoms with E-state index in [9.17, 15) is 4.39 Å². The van der Waals surface area contributed by atoms with Crippen molar-refractivity contribution in [2.75, 3.05) is 32.3 Å². The molecule has 1 rings (SSSR count). The van der Waals surface area contributed by atoms with Gasteiger partial charge < -0.3 is 10.5 Å². The van der Waals surface area contributed by atoms with Gasteiger partial charge in [-0.15, -0.1) is 23.5 Å². The van der Waals surface area contributed by atoms with Crippen LogP contribution in [0.25, 0.3) is 0 Å². The van der Waals surface area contributed by atoms with Gasteiger partial charge in [-0.2, -0.15) is 0 Å². The van der Waals surface area contributed by atoms with Crippen LogP contribution in [0.1, 0.15) is 5.56 Å². The summed E-state index contributed by atoms with van der Waals surface area (Å²) in [7, 11) is 1.65. The highest BCUT2D eigenvalue weighted by Crippen LogP contribution is 2.35. The van der Waals surface area contributed by atoms with Gasteiger partial charge in [0.05, 0.1) is 13.8 Å². The van der Waals surface area contributed by atoms with Crippen LogP contribution in [0, 0.1) is 0 Å². The molecule has 5 heteroatoms. The number of hydrogen-bond donors (Lipinski definition) is 1. The van der Waals surface area contributed by atoms with E-state index in [1.807, 2.05) is 12.3 Å². The maximum atomic E-state index is 12.2. The molecule has 0 saturated heterocycles. The molecule has 0 fully saturated rings. The Morgan fingerprint density at radius 3 is 2.65 bits per heavy atom. The number of alkyl halides is 1. The first kappa shape index (κ1) is 14.7. The SMILES string of the molecule is COc1cc(SCCF)c(SC)cc1CCN. The van der Waals surface area contributed by atoms with E-state index in [-0.39, 0.29) is 6.67 Å². The largest absolute Gasteiger partial charge is 0.496 e. The minimum absolute atomic E-state index is 0.314. The van der Waals surface area contributed by atoms with Gasteiger partial charge in [-0.25, -0.2) is 0 Å². The van der Waals surface area contributed by atoms with Gasteiger partial charge in [0.25, 0.3) is 0 Å². The molecule has 2 N–H and O–H groups in total. The van der Waals surface area contributed by atoms with Crippen molar-refractivity contribution < 1.29 is 9.13 Å². The summed E-state index contributed by atoms with van der Waals surface area (Å²) < 4.78 is 17.6. The molecule has 0 unspecified atom stereocenters. The van der Waals surface area contributed by atoms with Crippen LogP contribution in [0.3, 0.4) is 0 Å². The van der Waals surface area contributed by atoms with Crippen LogP contribution < -0.4 is 10.5 Å². The summed E-state index contributed by atoms with van der Waals surface area (Å²) in [5.74, 6) is 1.32. The Bertz CT molecular complexity index is 361. The summed E-state index contributed by atoms with van der Waals surface area (Å²) in [6, 6.07) is 4.08. The fourth-order valence-electron chi connectivity index (χ4n) is 1.55. The Morgan fingerprint density at radius 2 is 2.12 bits per heavy atom. The third-order valence-corrected chi connectivity index (χ3v) is 4.23. The van der Waals surface area contributed by atoms with Gasteiger partial charge in [0.15, 0.2) is 0 Å². The van der Waals surface area contributed by atoms with E-state index in [0.717, 1.165) is 27.5 Å². The van der Waals surface area contributed by atoms with Crippen LogP contribution in [-0.2, 0) is 6.42 Å². The zero-order chi connectivity index (χ0) is 12.7. The molecule has 0 bridgehead atoms. The summed E-state index contributed by atoms with van der Waals surface area (Å²) in [4.78, 5) is 2.24. The highest BCUT2D eigenvalue weighted by atomic mass is 32.2. The van der Waals surface area contributed by atoms with Crippen LogP contribution >= 0.6 is 23.5 Å².